The van der Waals surface area contributed by atoms with Crippen LogP contribution in [0.5, 0.6) is 5.75 Å². The van der Waals surface area contributed by atoms with E-state index in [1.165, 1.54) is 4.31 Å². The molecule has 0 atom stereocenters. The number of sulfonamides is 1. The van der Waals surface area contributed by atoms with Crippen molar-refractivity contribution in [3.8, 4) is 5.75 Å². The first-order valence-corrected chi connectivity index (χ1v) is 9.48. The average Bonchev–Trinajstić information content (AvgIpc) is 2.50. The lowest BCUT2D eigenvalue weighted by Crippen LogP contribution is -2.49. The molecule has 1 heterocycles. The van der Waals surface area contributed by atoms with Crippen LogP contribution in [-0.4, -0.2) is 68.7 Å². The number of β-amino-alcohol motifs (C(OH)–C–C–N with tert-alkyl or cyclic N) is 1. The molecule has 0 amide bonds. The van der Waals surface area contributed by atoms with Crippen molar-refractivity contribution in [2.24, 2.45) is 0 Å². The first-order valence-electron chi connectivity index (χ1n) is 7.24. The van der Waals surface area contributed by atoms with Crippen molar-refractivity contribution < 1.29 is 18.3 Å². The number of rotatable bonds is 6. The highest BCUT2D eigenvalue weighted by Crippen LogP contribution is 2.30. The van der Waals surface area contributed by atoms with Crippen LogP contribution in [0.1, 0.15) is 6.92 Å². The number of aliphatic hydroxyl groups excluding tert-OH is 1. The molecule has 0 bridgehead atoms. The van der Waals surface area contributed by atoms with Gasteiger partial charge in [0.25, 0.3) is 0 Å². The normalized spacial score (nSPS) is 17.6. The second kappa shape index (κ2) is 7.74. The Morgan fingerprint density at radius 3 is 2.55 bits per heavy atom. The maximum absolute atomic E-state index is 12.9. The van der Waals surface area contributed by atoms with E-state index in [-0.39, 0.29) is 11.5 Å². The molecule has 1 aliphatic heterocycles. The van der Waals surface area contributed by atoms with Gasteiger partial charge in [-0.15, -0.1) is 0 Å². The Kier molecular flexibility index (Phi) is 6.22. The molecule has 1 aromatic carbocycles. The van der Waals surface area contributed by atoms with Crippen LogP contribution in [0.3, 0.4) is 0 Å². The summed E-state index contributed by atoms with van der Waals surface area (Å²) in [6.07, 6.45) is 0. The Morgan fingerprint density at radius 2 is 1.95 bits per heavy atom. The lowest BCUT2D eigenvalue weighted by Gasteiger charge is -2.33. The number of ether oxygens (including phenoxy) is 1. The van der Waals surface area contributed by atoms with Gasteiger partial charge in [-0.05, 0) is 25.1 Å². The van der Waals surface area contributed by atoms with Crippen molar-refractivity contribution in [1.29, 1.82) is 0 Å². The zero-order chi connectivity index (χ0) is 16.2. The van der Waals surface area contributed by atoms with Crippen molar-refractivity contribution in [2.75, 3.05) is 45.9 Å². The van der Waals surface area contributed by atoms with Gasteiger partial charge in [0.2, 0.25) is 10.0 Å². The molecule has 1 aliphatic rings. The molecule has 1 fully saturated rings. The summed E-state index contributed by atoms with van der Waals surface area (Å²) < 4.78 is 33.4. The number of hydrogen-bond acceptors (Lipinski definition) is 5. The summed E-state index contributed by atoms with van der Waals surface area (Å²) in [6.45, 7) is 4.98. The van der Waals surface area contributed by atoms with Gasteiger partial charge in [0.15, 0.2) is 0 Å². The molecule has 1 N–H and O–H groups in total. The van der Waals surface area contributed by atoms with E-state index < -0.39 is 10.0 Å². The summed E-state index contributed by atoms with van der Waals surface area (Å²) in [6, 6.07) is 5.02. The van der Waals surface area contributed by atoms with E-state index in [2.05, 4.69) is 20.8 Å². The van der Waals surface area contributed by atoms with Crippen molar-refractivity contribution in [3.05, 3.63) is 22.7 Å². The monoisotopic (exact) mass is 392 g/mol. The molecule has 124 valence electrons. The van der Waals surface area contributed by atoms with Crippen LogP contribution in [0.4, 0.5) is 0 Å². The number of piperazine rings is 1. The number of halogens is 1. The van der Waals surface area contributed by atoms with Crippen molar-refractivity contribution in [1.82, 2.24) is 9.21 Å². The Balaban J connectivity index is 2.22. The molecule has 0 unspecified atom stereocenters. The molecule has 0 aromatic heterocycles. The zero-order valence-electron chi connectivity index (χ0n) is 12.5. The summed E-state index contributed by atoms with van der Waals surface area (Å²) >= 11 is 3.32. The summed E-state index contributed by atoms with van der Waals surface area (Å²) in [7, 11) is -3.59. The molecule has 1 aromatic rings. The van der Waals surface area contributed by atoms with Gasteiger partial charge in [-0.1, -0.05) is 15.9 Å². The van der Waals surface area contributed by atoms with E-state index in [1.807, 2.05) is 6.92 Å². The molecule has 0 saturated carbocycles. The van der Waals surface area contributed by atoms with E-state index >= 15 is 0 Å². The van der Waals surface area contributed by atoms with Gasteiger partial charge < -0.3 is 9.84 Å². The molecule has 0 spiro atoms. The Hall–Kier alpha value is -0.670. The standard InChI is InChI=1S/C14H21BrN2O4S/c1-2-21-13-4-3-12(15)11-14(13)22(19,20)17-7-5-16(6-8-17)9-10-18/h3-4,11,18H,2,5-10H2,1H3. The molecule has 2 rings (SSSR count). The fraction of sp³-hybridized carbons (Fsp3) is 0.571. The van der Waals surface area contributed by atoms with Gasteiger partial charge in [-0.3, -0.25) is 4.90 Å². The third-order valence-corrected chi connectivity index (χ3v) is 5.98. The minimum atomic E-state index is -3.59. The number of benzene rings is 1. The lowest BCUT2D eigenvalue weighted by atomic mass is 10.3. The van der Waals surface area contributed by atoms with E-state index in [9.17, 15) is 8.42 Å². The second-order valence-corrected chi connectivity index (χ2v) is 7.82. The Bertz CT molecular complexity index is 601. The highest BCUT2D eigenvalue weighted by atomic mass is 79.9. The van der Waals surface area contributed by atoms with Crippen molar-refractivity contribution in [2.45, 2.75) is 11.8 Å². The SMILES string of the molecule is CCOc1ccc(Br)cc1S(=O)(=O)N1CCN(CCO)CC1. The van der Waals surface area contributed by atoms with Gasteiger partial charge in [0, 0.05) is 37.2 Å². The highest BCUT2D eigenvalue weighted by Gasteiger charge is 2.30. The average molecular weight is 393 g/mol. The summed E-state index contributed by atoms with van der Waals surface area (Å²) in [5.74, 6) is 0.378. The third kappa shape index (κ3) is 3.99. The molecule has 22 heavy (non-hydrogen) atoms. The van der Waals surface area contributed by atoms with Gasteiger partial charge in [-0.2, -0.15) is 4.31 Å². The van der Waals surface area contributed by atoms with E-state index in [0.29, 0.717) is 49.6 Å². The van der Waals surface area contributed by atoms with Crippen LogP contribution in [-0.2, 0) is 10.0 Å². The molecule has 0 radical (unpaired) electrons. The first-order chi connectivity index (χ1) is 10.5. The zero-order valence-corrected chi connectivity index (χ0v) is 14.9. The van der Waals surface area contributed by atoms with E-state index in [4.69, 9.17) is 9.84 Å². The van der Waals surface area contributed by atoms with Crippen LogP contribution in [0.2, 0.25) is 0 Å². The predicted molar refractivity (Wildman–Crippen MR) is 87.6 cm³/mol. The van der Waals surface area contributed by atoms with Gasteiger partial charge in [0.1, 0.15) is 10.6 Å². The number of aliphatic hydroxyl groups is 1. The minimum Gasteiger partial charge on any atom is -0.492 e. The predicted octanol–water partition coefficient (Wildman–Crippen LogP) is 1.15. The van der Waals surface area contributed by atoms with Crippen LogP contribution < -0.4 is 4.74 Å². The van der Waals surface area contributed by atoms with Crippen LogP contribution in [0.25, 0.3) is 0 Å². The molecule has 8 heteroatoms. The van der Waals surface area contributed by atoms with Crippen LogP contribution in [0.15, 0.2) is 27.6 Å². The van der Waals surface area contributed by atoms with Crippen molar-refractivity contribution >= 4 is 26.0 Å². The van der Waals surface area contributed by atoms with E-state index in [0.717, 1.165) is 0 Å². The second-order valence-electron chi connectivity index (χ2n) is 4.99. The number of nitrogens with zero attached hydrogens (tertiary/aromatic N) is 2. The Morgan fingerprint density at radius 1 is 1.27 bits per heavy atom. The topological polar surface area (TPSA) is 70.1 Å². The highest BCUT2D eigenvalue weighted by molar-refractivity contribution is 9.10. The summed E-state index contributed by atoms with van der Waals surface area (Å²) in [5.41, 5.74) is 0. The molecular weight excluding hydrogens is 372 g/mol. The molecule has 6 nitrogen and oxygen atoms in total. The van der Waals surface area contributed by atoms with Crippen LogP contribution in [0, 0.1) is 0 Å². The maximum atomic E-state index is 12.9. The molecular formula is C14H21BrN2O4S. The number of hydrogen-bond donors (Lipinski definition) is 1. The quantitative estimate of drug-likeness (QED) is 0.785. The van der Waals surface area contributed by atoms with Gasteiger partial charge >= 0.3 is 0 Å². The molecule has 1 saturated heterocycles. The summed E-state index contributed by atoms with van der Waals surface area (Å²) in [4.78, 5) is 2.25. The smallest absolute Gasteiger partial charge is 0.246 e. The first kappa shape index (κ1) is 17.7. The Labute approximate surface area is 139 Å². The van der Waals surface area contributed by atoms with E-state index in [1.54, 1.807) is 18.2 Å². The van der Waals surface area contributed by atoms with Crippen LogP contribution >= 0.6 is 15.9 Å². The maximum Gasteiger partial charge on any atom is 0.246 e. The minimum absolute atomic E-state index is 0.0901. The third-order valence-electron chi connectivity index (χ3n) is 3.57. The molecule has 0 aliphatic carbocycles. The fourth-order valence-electron chi connectivity index (χ4n) is 2.43. The summed E-state index contributed by atoms with van der Waals surface area (Å²) in [5, 5.41) is 8.95. The van der Waals surface area contributed by atoms with Crippen molar-refractivity contribution in [3.63, 3.8) is 0 Å². The van der Waals surface area contributed by atoms with Gasteiger partial charge in [-0.25, -0.2) is 8.42 Å². The largest absolute Gasteiger partial charge is 0.492 e. The lowest BCUT2D eigenvalue weighted by molar-refractivity contribution is 0.151. The fourth-order valence-corrected chi connectivity index (χ4v) is 4.52. The van der Waals surface area contributed by atoms with Gasteiger partial charge in [0.05, 0.1) is 13.2 Å².